The molecule has 2 bridgehead atoms. The van der Waals surface area contributed by atoms with Gasteiger partial charge in [-0.1, -0.05) is 13.8 Å². The maximum Gasteiger partial charge on any atom is 0.248 e. The van der Waals surface area contributed by atoms with Crippen molar-refractivity contribution in [2.24, 2.45) is 11.8 Å². The van der Waals surface area contributed by atoms with Crippen LogP contribution in [0.4, 0.5) is 0 Å². The highest BCUT2D eigenvalue weighted by molar-refractivity contribution is 5.88. The Bertz CT molecular complexity index is 865. The van der Waals surface area contributed by atoms with Gasteiger partial charge in [0.2, 0.25) is 23.6 Å². The predicted octanol–water partition coefficient (Wildman–Crippen LogP) is -0.779. The summed E-state index contributed by atoms with van der Waals surface area (Å²) in [6.07, 6.45) is 1.71. The molecule has 0 spiro atoms. The van der Waals surface area contributed by atoms with Crippen LogP contribution in [0.15, 0.2) is 0 Å². The topological polar surface area (TPSA) is 130 Å². The Morgan fingerprint density at radius 3 is 2.49 bits per heavy atom. The zero-order chi connectivity index (χ0) is 27.8. The van der Waals surface area contributed by atoms with Crippen molar-refractivity contribution < 1.29 is 33.4 Å². The molecule has 39 heavy (non-hydrogen) atoms. The number of amides is 4. The lowest BCUT2D eigenvalue weighted by Crippen LogP contribution is -2.50. The van der Waals surface area contributed by atoms with Crippen LogP contribution in [0.25, 0.3) is 0 Å². The average molecular weight is 552 g/mol. The van der Waals surface area contributed by atoms with Crippen molar-refractivity contribution in [3.63, 3.8) is 0 Å². The number of nitrogens with zero attached hydrogens (tertiary/aromatic N) is 3. The van der Waals surface area contributed by atoms with Crippen molar-refractivity contribution in [2.75, 3.05) is 78.9 Å². The molecule has 0 saturated carbocycles. The van der Waals surface area contributed by atoms with Crippen LogP contribution in [0.3, 0.4) is 0 Å². The Kier molecular flexibility index (Phi) is 11.0. The van der Waals surface area contributed by atoms with Gasteiger partial charge in [0.15, 0.2) is 0 Å². The number of nitrogens with one attached hydrogen (secondary N) is 2. The lowest BCUT2D eigenvalue weighted by atomic mass is 9.80. The van der Waals surface area contributed by atoms with E-state index in [0.717, 1.165) is 0 Å². The highest BCUT2D eigenvalue weighted by Crippen LogP contribution is 2.32. The van der Waals surface area contributed by atoms with E-state index in [1.54, 1.807) is 9.80 Å². The molecule has 4 atom stereocenters. The standard InChI is InChI=1S/C27H45N5O7/c1-19(2)29-22-15-23-27(36)28-4-8-37-11-12-39-18-26(35)31-5-3-20(13-24(33)30-6-9-38-10-7-30)21(16-31)14-25(34)32(23)17-22/h19-23,29H,3-18H2,1-2H3,(H,28,36)/t20-,21-,22-,23-/m0/s1. The first-order valence-corrected chi connectivity index (χ1v) is 14.4. The van der Waals surface area contributed by atoms with E-state index in [2.05, 4.69) is 10.6 Å². The van der Waals surface area contributed by atoms with Gasteiger partial charge in [-0.2, -0.15) is 0 Å². The summed E-state index contributed by atoms with van der Waals surface area (Å²) in [5, 5.41) is 6.39. The minimum absolute atomic E-state index is 0.0202. The van der Waals surface area contributed by atoms with Gasteiger partial charge in [0.1, 0.15) is 12.6 Å². The number of ether oxygens (including phenoxy) is 3. The SMILES string of the molecule is CC(C)N[C@H]1C[C@H]2C(=O)NCCOCCOCC(=O)N3CC[C@@H](CC(=O)N4CCOCC4)[C@@H](CC(=O)N2C1)C3. The third-order valence-electron chi connectivity index (χ3n) is 8.12. The Hall–Kier alpha value is -2.28. The third kappa shape index (κ3) is 8.36. The van der Waals surface area contributed by atoms with Crippen molar-refractivity contribution in [3.05, 3.63) is 0 Å². The smallest absolute Gasteiger partial charge is 0.248 e. The first-order chi connectivity index (χ1) is 18.8. The van der Waals surface area contributed by atoms with E-state index >= 15 is 0 Å². The number of rotatable bonds is 4. The number of piperidine rings is 1. The summed E-state index contributed by atoms with van der Waals surface area (Å²) < 4.78 is 16.4. The van der Waals surface area contributed by atoms with Gasteiger partial charge >= 0.3 is 0 Å². The molecule has 0 aromatic rings. The molecule has 220 valence electrons. The van der Waals surface area contributed by atoms with Crippen molar-refractivity contribution in [1.29, 1.82) is 0 Å². The van der Waals surface area contributed by atoms with Crippen LogP contribution < -0.4 is 10.6 Å². The van der Waals surface area contributed by atoms with Crippen molar-refractivity contribution >= 4 is 23.6 Å². The van der Waals surface area contributed by atoms with E-state index < -0.39 is 6.04 Å². The fraction of sp³-hybridized carbons (Fsp3) is 0.852. The molecule has 4 fully saturated rings. The number of morpholine rings is 1. The molecule has 4 amide bonds. The maximum absolute atomic E-state index is 13.8. The Balaban J connectivity index is 1.51. The van der Waals surface area contributed by atoms with E-state index in [0.29, 0.717) is 85.0 Å². The zero-order valence-electron chi connectivity index (χ0n) is 23.4. The van der Waals surface area contributed by atoms with E-state index in [1.807, 2.05) is 18.7 Å². The lowest BCUT2D eigenvalue weighted by molar-refractivity contribution is -0.144. The van der Waals surface area contributed by atoms with Crippen LogP contribution in [-0.2, 0) is 33.4 Å². The Labute approximate surface area is 231 Å². The second kappa shape index (κ2) is 14.4. The Morgan fingerprint density at radius 2 is 1.72 bits per heavy atom. The van der Waals surface area contributed by atoms with Crippen molar-refractivity contribution in [3.8, 4) is 0 Å². The highest BCUT2D eigenvalue weighted by Gasteiger charge is 2.42. The Morgan fingerprint density at radius 1 is 0.974 bits per heavy atom. The molecule has 0 radical (unpaired) electrons. The molecule has 4 aliphatic rings. The first-order valence-electron chi connectivity index (χ1n) is 14.4. The fourth-order valence-electron chi connectivity index (χ4n) is 6.10. The van der Waals surface area contributed by atoms with Crippen LogP contribution >= 0.6 is 0 Å². The summed E-state index contributed by atoms with van der Waals surface area (Å²) in [4.78, 5) is 58.2. The molecule has 4 rings (SSSR count). The van der Waals surface area contributed by atoms with Crippen LogP contribution in [-0.4, -0.2) is 135 Å². The molecule has 0 aliphatic carbocycles. The van der Waals surface area contributed by atoms with E-state index in [-0.39, 0.29) is 67.2 Å². The second-order valence-corrected chi connectivity index (χ2v) is 11.3. The maximum atomic E-state index is 13.8. The molecule has 4 heterocycles. The van der Waals surface area contributed by atoms with Gasteiger partial charge in [-0.05, 0) is 24.7 Å². The molecule has 4 aliphatic heterocycles. The van der Waals surface area contributed by atoms with E-state index in [4.69, 9.17) is 14.2 Å². The number of carbonyl (C=O) groups is 4. The molecular formula is C27H45N5O7. The summed E-state index contributed by atoms with van der Waals surface area (Å²) in [5.41, 5.74) is 0. The predicted molar refractivity (Wildman–Crippen MR) is 142 cm³/mol. The van der Waals surface area contributed by atoms with Gasteiger partial charge in [0, 0.05) is 64.2 Å². The molecule has 0 aromatic carbocycles. The molecule has 0 aromatic heterocycles. The van der Waals surface area contributed by atoms with Crippen LogP contribution in [0.2, 0.25) is 0 Å². The summed E-state index contributed by atoms with van der Waals surface area (Å²) in [7, 11) is 0. The largest absolute Gasteiger partial charge is 0.378 e. The lowest BCUT2D eigenvalue weighted by Gasteiger charge is -2.40. The number of fused-ring (bicyclic) bond motifs is 3. The normalized spacial score (nSPS) is 30.2. The van der Waals surface area contributed by atoms with Crippen molar-refractivity contribution in [2.45, 2.75) is 57.7 Å². The summed E-state index contributed by atoms with van der Waals surface area (Å²) in [5.74, 6) is -0.541. The molecule has 12 nitrogen and oxygen atoms in total. The number of hydrogen-bond donors (Lipinski definition) is 2. The summed E-state index contributed by atoms with van der Waals surface area (Å²) in [6.45, 7) is 8.92. The van der Waals surface area contributed by atoms with Crippen LogP contribution in [0.1, 0.15) is 39.5 Å². The second-order valence-electron chi connectivity index (χ2n) is 11.3. The monoisotopic (exact) mass is 551 g/mol. The fourth-order valence-corrected chi connectivity index (χ4v) is 6.10. The minimum Gasteiger partial charge on any atom is -0.378 e. The van der Waals surface area contributed by atoms with Gasteiger partial charge in [-0.25, -0.2) is 0 Å². The zero-order valence-corrected chi connectivity index (χ0v) is 23.4. The first kappa shape index (κ1) is 29.7. The van der Waals surface area contributed by atoms with E-state index in [9.17, 15) is 19.2 Å². The molecule has 0 unspecified atom stereocenters. The van der Waals surface area contributed by atoms with Gasteiger partial charge in [0.25, 0.3) is 0 Å². The minimum atomic E-state index is -0.567. The third-order valence-corrected chi connectivity index (χ3v) is 8.12. The molecule has 4 saturated heterocycles. The number of carbonyl (C=O) groups excluding carboxylic acids is 4. The van der Waals surface area contributed by atoms with Crippen molar-refractivity contribution in [1.82, 2.24) is 25.3 Å². The average Bonchev–Trinajstić information content (AvgIpc) is 3.34. The summed E-state index contributed by atoms with van der Waals surface area (Å²) in [6, 6.07) is -0.322. The summed E-state index contributed by atoms with van der Waals surface area (Å²) >= 11 is 0. The van der Waals surface area contributed by atoms with Gasteiger partial charge in [0.05, 0.1) is 33.0 Å². The van der Waals surface area contributed by atoms with Crippen LogP contribution in [0.5, 0.6) is 0 Å². The molecule has 12 heteroatoms. The number of hydrogen-bond acceptors (Lipinski definition) is 8. The quantitative estimate of drug-likeness (QED) is 0.466. The van der Waals surface area contributed by atoms with E-state index in [1.165, 1.54) is 0 Å². The molecular weight excluding hydrogens is 506 g/mol. The van der Waals surface area contributed by atoms with Gasteiger partial charge < -0.3 is 39.5 Å². The highest BCUT2D eigenvalue weighted by atomic mass is 16.5. The van der Waals surface area contributed by atoms with Gasteiger partial charge in [-0.15, -0.1) is 0 Å². The van der Waals surface area contributed by atoms with Crippen LogP contribution in [0, 0.1) is 11.8 Å². The van der Waals surface area contributed by atoms with Gasteiger partial charge in [-0.3, -0.25) is 19.2 Å². The molecule has 2 N–H and O–H groups in total.